The molecule has 0 bridgehead atoms. The summed E-state index contributed by atoms with van der Waals surface area (Å²) in [5.74, 6) is -1.40. The number of rotatable bonds is 0. The maximum absolute atomic E-state index is 12.5. The monoisotopic (exact) mass is 322 g/mol. The van der Waals surface area contributed by atoms with E-state index in [0.29, 0.717) is 0 Å². The minimum Gasteiger partial charge on any atom is -0.290 e. The molecule has 0 aromatic heterocycles. The Balaban J connectivity index is 2.22. The van der Waals surface area contributed by atoms with Crippen LogP contribution in [-0.4, -0.2) is 11.6 Å². The number of carbonyl (C=O) groups is 2. The van der Waals surface area contributed by atoms with Crippen molar-refractivity contribution >= 4 is 11.6 Å². The molecular weight excluding hydrogens is 296 g/mol. The molecule has 2 heteroatoms. The predicted molar refractivity (Wildman–Crippen MR) is 97.4 cm³/mol. The zero-order valence-electron chi connectivity index (χ0n) is 15.4. The van der Waals surface area contributed by atoms with Crippen LogP contribution in [0.1, 0.15) is 41.5 Å². The summed E-state index contributed by atoms with van der Waals surface area (Å²) in [6.45, 7) is 13.0. The molecule has 24 heavy (non-hydrogen) atoms. The number of ketones is 2. The lowest BCUT2D eigenvalue weighted by Crippen LogP contribution is -2.37. The summed E-state index contributed by atoms with van der Waals surface area (Å²) >= 11 is 0. The van der Waals surface area contributed by atoms with Gasteiger partial charge < -0.3 is 0 Å². The lowest BCUT2D eigenvalue weighted by atomic mass is 9.67. The maximum atomic E-state index is 12.5. The fraction of sp³-hybridized carbons (Fsp3) is 0.455. The quantitative estimate of drug-likeness (QED) is 0.603. The van der Waals surface area contributed by atoms with E-state index in [9.17, 15) is 9.59 Å². The minimum atomic E-state index is -0.418. The summed E-state index contributed by atoms with van der Waals surface area (Å²) in [4.78, 5) is 25.1. The zero-order valence-corrected chi connectivity index (χ0v) is 15.4. The first-order valence-corrected chi connectivity index (χ1v) is 8.63. The van der Waals surface area contributed by atoms with Gasteiger partial charge in [0.2, 0.25) is 11.6 Å². The normalized spacial score (nSPS) is 26.9. The van der Waals surface area contributed by atoms with Gasteiger partial charge in [0.05, 0.1) is 11.8 Å². The molecule has 3 aliphatic rings. The molecule has 3 aliphatic carbocycles. The third-order valence-corrected chi connectivity index (χ3v) is 5.10. The molecule has 0 aliphatic heterocycles. The number of allylic oxidation sites excluding steroid dienone is 10. The molecular formula is C22H26O2. The summed E-state index contributed by atoms with van der Waals surface area (Å²) in [5, 5.41) is 0. The number of hydrogen-bond acceptors (Lipinski definition) is 2. The van der Waals surface area contributed by atoms with E-state index in [1.807, 2.05) is 24.3 Å². The molecule has 0 saturated carbocycles. The fourth-order valence-electron chi connectivity index (χ4n) is 3.44. The first-order chi connectivity index (χ1) is 11.0. The number of carbonyl (C=O) groups excluding carboxylic acids is 2. The van der Waals surface area contributed by atoms with E-state index in [2.05, 4.69) is 53.7 Å². The molecule has 2 unspecified atom stereocenters. The van der Waals surface area contributed by atoms with Gasteiger partial charge in [0, 0.05) is 0 Å². The molecule has 0 heterocycles. The standard InChI is InChI=1S/C22H26O2/c1-21(2,3)13-7-9-15-17(11-13)18-12-14(22(4,5)6)8-10-16(18)20(24)19(15)23/h7-12,15-16H,1-6H3. The van der Waals surface area contributed by atoms with Gasteiger partial charge in [-0.25, -0.2) is 0 Å². The smallest absolute Gasteiger partial charge is 0.210 e. The van der Waals surface area contributed by atoms with Gasteiger partial charge in [0.25, 0.3) is 0 Å². The molecule has 0 radical (unpaired) electrons. The van der Waals surface area contributed by atoms with Gasteiger partial charge in [-0.2, -0.15) is 0 Å². The van der Waals surface area contributed by atoms with Crippen LogP contribution >= 0.6 is 0 Å². The zero-order chi connectivity index (χ0) is 17.9. The summed E-state index contributed by atoms with van der Waals surface area (Å²) in [6.07, 6.45) is 12.1. The highest BCUT2D eigenvalue weighted by atomic mass is 16.2. The lowest BCUT2D eigenvalue weighted by molar-refractivity contribution is -0.139. The van der Waals surface area contributed by atoms with Crippen molar-refractivity contribution in [3.63, 3.8) is 0 Å². The van der Waals surface area contributed by atoms with Gasteiger partial charge in [-0.3, -0.25) is 9.59 Å². The molecule has 0 spiro atoms. The topological polar surface area (TPSA) is 34.1 Å². The second-order valence-electron chi connectivity index (χ2n) is 9.01. The molecule has 0 saturated heterocycles. The van der Waals surface area contributed by atoms with E-state index < -0.39 is 11.8 Å². The van der Waals surface area contributed by atoms with Crippen LogP contribution in [-0.2, 0) is 9.59 Å². The lowest BCUT2D eigenvalue weighted by Gasteiger charge is -2.34. The highest BCUT2D eigenvalue weighted by Crippen LogP contribution is 2.43. The Kier molecular flexibility index (Phi) is 3.71. The number of Topliss-reactive ketones (excluding diaryl/α,β-unsaturated/α-hetero) is 2. The first kappa shape index (κ1) is 16.9. The van der Waals surface area contributed by atoms with Crippen LogP contribution in [0.25, 0.3) is 0 Å². The highest BCUT2D eigenvalue weighted by molar-refractivity contribution is 6.42. The molecule has 2 nitrogen and oxygen atoms in total. The predicted octanol–water partition coefficient (Wildman–Crippen LogP) is 4.75. The fourth-order valence-corrected chi connectivity index (χ4v) is 3.44. The van der Waals surface area contributed by atoms with Gasteiger partial charge in [-0.1, -0.05) is 78.0 Å². The second-order valence-corrected chi connectivity index (χ2v) is 9.01. The van der Waals surface area contributed by atoms with Crippen molar-refractivity contribution in [2.45, 2.75) is 41.5 Å². The molecule has 0 aromatic rings. The third kappa shape index (κ3) is 2.68. The van der Waals surface area contributed by atoms with Crippen molar-refractivity contribution in [3.05, 3.63) is 58.7 Å². The van der Waals surface area contributed by atoms with Crippen molar-refractivity contribution in [2.75, 3.05) is 0 Å². The Morgan fingerprint density at radius 1 is 0.667 bits per heavy atom. The Bertz CT molecular complexity index is 702. The number of hydrogen-bond donors (Lipinski definition) is 0. The molecule has 3 rings (SSSR count). The van der Waals surface area contributed by atoms with E-state index in [1.165, 1.54) is 11.1 Å². The molecule has 0 fully saturated rings. The minimum absolute atomic E-state index is 0.0100. The van der Waals surface area contributed by atoms with Crippen LogP contribution in [0.2, 0.25) is 0 Å². The van der Waals surface area contributed by atoms with Crippen molar-refractivity contribution in [1.82, 2.24) is 0 Å². The van der Waals surface area contributed by atoms with E-state index in [0.717, 1.165) is 11.1 Å². The van der Waals surface area contributed by atoms with Crippen LogP contribution in [0.15, 0.2) is 58.7 Å². The van der Waals surface area contributed by atoms with Gasteiger partial charge in [0.1, 0.15) is 0 Å². The second kappa shape index (κ2) is 5.27. The van der Waals surface area contributed by atoms with Crippen molar-refractivity contribution < 1.29 is 9.59 Å². The van der Waals surface area contributed by atoms with Crippen LogP contribution in [0.5, 0.6) is 0 Å². The maximum Gasteiger partial charge on any atom is 0.210 e. The number of fused-ring (bicyclic) bond motifs is 2. The summed E-state index contributed by atoms with van der Waals surface area (Å²) in [7, 11) is 0. The van der Waals surface area contributed by atoms with Gasteiger partial charge in [-0.05, 0) is 33.1 Å². The molecule has 0 aromatic carbocycles. The third-order valence-electron chi connectivity index (χ3n) is 5.10. The summed E-state index contributed by atoms with van der Waals surface area (Å²) < 4.78 is 0. The van der Waals surface area contributed by atoms with Gasteiger partial charge in [-0.15, -0.1) is 0 Å². The van der Waals surface area contributed by atoms with Crippen LogP contribution < -0.4 is 0 Å². The van der Waals surface area contributed by atoms with Crippen LogP contribution in [0.3, 0.4) is 0 Å². The van der Waals surface area contributed by atoms with E-state index in [1.54, 1.807) is 0 Å². The molecule has 2 atom stereocenters. The molecule has 126 valence electrons. The summed E-state index contributed by atoms with van der Waals surface area (Å²) in [6, 6.07) is 0. The Morgan fingerprint density at radius 2 is 1.00 bits per heavy atom. The highest BCUT2D eigenvalue weighted by Gasteiger charge is 2.41. The average molecular weight is 322 g/mol. The SMILES string of the molecule is CC(C)(C)C1=CC2=C3C=C(C(C)(C)C)C=CC3C(=O)C(=O)C2C=C1. The van der Waals surface area contributed by atoms with Crippen LogP contribution in [0.4, 0.5) is 0 Å². The Labute approximate surface area is 144 Å². The van der Waals surface area contributed by atoms with Crippen molar-refractivity contribution in [2.24, 2.45) is 22.7 Å². The average Bonchev–Trinajstić information content (AvgIpc) is 2.49. The molecule has 0 amide bonds. The Morgan fingerprint density at radius 3 is 1.29 bits per heavy atom. The summed E-state index contributed by atoms with van der Waals surface area (Å²) in [5.41, 5.74) is 4.42. The van der Waals surface area contributed by atoms with Crippen molar-refractivity contribution in [1.29, 1.82) is 0 Å². The molecule has 0 N–H and O–H groups in total. The van der Waals surface area contributed by atoms with E-state index >= 15 is 0 Å². The van der Waals surface area contributed by atoms with Gasteiger partial charge in [0.15, 0.2) is 0 Å². The van der Waals surface area contributed by atoms with Crippen LogP contribution in [0, 0.1) is 22.7 Å². The van der Waals surface area contributed by atoms with E-state index in [4.69, 9.17) is 0 Å². The van der Waals surface area contributed by atoms with Crippen molar-refractivity contribution in [3.8, 4) is 0 Å². The van der Waals surface area contributed by atoms with E-state index in [-0.39, 0.29) is 22.4 Å². The van der Waals surface area contributed by atoms with Gasteiger partial charge >= 0.3 is 0 Å². The Hall–Kier alpha value is -1.96. The largest absolute Gasteiger partial charge is 0.290 e. The first-order valence-electron chi connectivity index (χ1n) is 8.63.